The predicted molar refractivity (Wildman–Crippen MR) is 138 cm³/mol. The second-order valence-corrected chi connectivity index (χ2v) is 11.4. The van der Waals surface area contributed by atoms with Gasteiger partial charge in [0.2, 0.25) is 0 Å². The Morgan fingerprint density at radius 1 is 0.775 bits per heavy atom. The van der Waals surface area contributed by atoms with Crippen LogP contribution >= 0.6 is 0 Å². The minimum atomic E-state index is -3.77. The number of nitrogens with zero attached hydrogens (tertiary/aromatic N) is 2. The van der Waals surface area contributed by atoms with Gasteiger partial charge in [0.15, 0.2) is 17.3 Å². The Balaban J connectivity index is 0.000000408. The van der Waals surface area contributed by atoms with Crippen LogP contribution < -0.4 is 4.18 Å². The Morgan fingerprint density at radius 3 is 1.52 bits per heavy atom. The van der Waals surface area contributed by atoms with E-state index < -0.39 is 56.0 Å². The molecule has 0 saturated heterocycles. The second-order valence-electron chi connectivity index (χ2n) is 9.84. The summed E-state index contributed by atoms with van der Waals surface area (Å²) in [4.78, 5) is 54.3. The number of ether oxygens (including phenoxy) is 2. The lowest BCUT2D eigenvalue weighted by molar-refractivity contribution is -0.151. The van der Waals surface area contributed by atoms with Gasteiger partial charge in [0.05, 0.1) is 43.7 Å². The van der Waals surface area contributed by atoms with Crippen molar-refractivity contribution in [1.29, 1.82) is 0 Å². The maximum absolute atomic E-state index is 12.1. The highest BCUT2D eigenvalue weighted by Crippen LogP contribution is 2.29. The quantitative estimate of drug-likeness (QED) is 0.207. The van der Waals surface area contributed by atoms with Crippen LogP contribution in [0.3, 0.4) is 0 Å². The topological polar surface area (TPSA) is 217 Å². The smallest absolute Gasteiger partial charge is 0.311 e. The standard InChI is InChI=1S/C13H17NO7S.C12H15NO5/c1-13(2,12(17)20-3)6-10(16)11-9(15)5-8(7-14-11)21-22(4,18)19;1-12(2,11(17)18-3)5-9(16)10-8(15)4-7(14)6-13-10/h5,7,15H,6H2,1-4H3;4,6,14-15H,5H2,1-3H3. The molecule has 0 bridgehead atoms. The van der Waals surface area contributed by atoms with Gasteiger partial charge in [-0.2, -0.15) is 8.42 Å². The Labute approximate surface area is 231 Å². The Kier molecular flexibility index (Phi) is 11.1. The first-order valence-electron chi connectivity index (χ1n) is 11.4. The van der Waals surface area contributed by atoms with Crippen molar-refractivity contribution >= 4 is 33.6 Å². The molecule has 2 heterocycles. The fraction of sp³-hybridized carbons (Fsp3) is 0.440. The van der Waals surface area contributed by atoms with E-state index in [-0.39, 0.29) is 35.7 Å². The van der Waals surface area contributed by atoms with Crippen molar-refractivity contribution in [2.75, 3.05) is 20.5 Å². The summed E-state index contributed by atoms with van der Waals surface area (Å²) < 4.78 is 35.7. The maximum atomic E-state index is 12.1. The third-order valence-corrected chi connectivity index (χ3v) is 5.65. The number of aromatic nitrogens is 2. The fourth-order valence-corrected chi connectivity index (χ4v) is 3.64. The van der Waals surface area contributed by atoms with Crippen molar-refractivity contribution in [3.63, 3.8) is 0 Å². The number of carbonyl (C=O) groups excluding carboxylic acids is 4. The van der Waals surface area contributed by atoms with Gasteiger partial charge >= 0.3 is 22.1 Å². The SMILES string of the molecule is COC(=O)C(C)(C)CC(=O)c1ncc(O)cc1O.COC(=O)C(C)(C)CC(=O)c1ncc(OS(C)(=O)=O)cc1O. The molecule has 0 fully saturated rings. The molecule has 0 spiro atoms. The number of pyridine rings is 2. The van der Waals surface area contributed by atoms with Crippen LogP contribution in [0.4, 0.5) is 0 Å². The Hall–Kier alpha value is -4.27. The highest BCUT2D eigenvalue weighted by molar-refractivity contribution is 7.86. The number of carbonyl (C=O) groups is 4. The lowest BCUT2D eigenvalue weighted by Crippen LogP contribution is -2.28. The van der Waals surface area contributed by atoms with E-state index >= 15 is 0 Å². The van der Waals surface area contributed by atoms with Crippen LogP contribution in [0.5, 0.6) is 23.0 Å². The zero-order valence-electron chi connectivity index (χ0n) is 23.0. The molecular weight excluding hydrogens is 552 g/mol. The highest BCUT2D eigenvalue weighted by Gasteiger charge is 2.34. The number of methoxy groups -OCH3 is 2. The van der Waals surface area contributed by atoms with E-state index in [1.165, 1.54) is 28.1 Å². The molecular formula is C25H32N2O12S. The minimum absolute atomic E-state index is 0.148. The number of rotatable bonds is 10. The zero-order chi connectivity index (χ0) is 31.1. The molecule has 0 saturated carbocycles. The summed E-state index contributed by atoms with van der Waals surface area (Å²) in [5.41, 5.74) is -2.54. The molecule has 0 unspecified atom stereocenters. The van der Waals surface area contributed by atoms with Crippen molar-refractivity contribution in [2.24, 2.45) is 10.8 Å². The largest absolute Gasteiger partial charge is 0.506 e. The molecule has 2 aromatic heterocycles. The van der Waals surface area contributed by atoms with Crippen molar-refractivity contribution in [3.05, 3.63) is 35.9 Å². The van der Waals surface area contributed by atoms with Crippen LogP contribution in [0.15, 0.2) is 24.5 Å². The Bertz CT molecular complexity index is 1380. The number of hydrogen-bond donors (Lipinski definition) is 3. The zero-order valence-corrected chi connectivity index (χ0v) is 23.9. The van der Waals surface area contributed by atoms with Crippen molar-refractivity contribution < 1.29 is 56.6 Å². The van der Waals surface area contributed by atoms with Gasteiger partial charge < -0.3 is 29.0 Å². The molecule has 0 atom stereocenters. The molecule has 40 heavy (non-hydrogen) atoms. The van der Waals surface area contributed by atoms with E-state index in [2.05, 4.69) is 23.6 Å². The molecule has 0 aromatic carbocycles. The van der Waals surface area contributed by atoms with Crippen molar-refractivity contribution in [2.45, 2.75) is 40.5 Å². The van der Waals surface area contributed by atoms with Gasteiger partial charge in [0.25, 0.3) is 0 Å². The van der Waals surface area contributed by atoms with Gasteiger partial charge in [0.1, 0.15) is 28.6 Å². The van der Waals surface area contributed by atoms with E-state index in [1.54, 1.807) is 13.8 Å². The fourth-order valence-electron chi connectivity index (χ4n) is 3.19. The molecule has 2 rings (SSSR count). The van der Waals surface area contributed by atoms with Gasteiger partial charge in [-0.1, -0.05) is 0 Å². The summed E-state index contributed by atoms with van der Waals surface area (Å²) in [6.07, 6.45) is 2.51. The van der Waals surface area contributed by atoms with Gasteiger partial charge in [-0.15, -0.1) is 0 Å². The first-order valence-corrected chi connectivity index (χ1v) is 13.3. The molecule has 2 aromatic rings. The summed E-state index contributed by atoms with van der Waals surface area (Å²) in [6.45, 7) is 6.17. The predicted octanol–water partition coefficient (Wildman–Crippen LogP) is 2.16. The molecule has 0 amide bonds. The average Bonchev–Trinajstić information content (AvgIpc) is 2.81. The molecule has 220 valence electrons. The maximum Gasteiger partial charge on any atom is 0.311 e. The van der Waals surface area contributed by atoms with Gasteiger partial charge in [-0.05, 0) is 27.7 Å². The minimum Gasteiger partial charge on any atom is -0.506 e. The van der Waals surface area contributed by atoms with Crippen LogP contribution in [-0.4, -0.2) is 77.7 Å². The molecule has 15 heteroatoms. The normalized spacial score (nSPS) is 11.5. The first-order chi connectivity index (χ1) is 18.2. The molecule has 0 aliphatic rings. The first kappa shape index (κ1) is 33.8. The molecule has 0 aliphatic heterocycles. The summed E-state index contributed by atoms with van der Waals surface area (Å²) in [7, 11) is -1.32. The van der Waals surface area contributed by atoms with Crippen LogP contribution in [0, 0.1) is 10.8 Å². The van der Waals surface area contributed by atoms with Crippen LogP contribution in [0.1, 0.15) is 61.5 Å². The third kappa shape index (κ3) is 9.80. The Morgan fingerprint density at radius 2 is 1.18 bits per heavy atom. The number of Topliss-reactive ketones (excluding diaryl/α,β-unsaturated/α-hetero) is 2. The number of ketones is 2. The van der Waals surface area contributed by atoms with Crippen LogP contribution in [-0.2, 0) is 29.2 Å². The number of esters is 2. The molecule has 0 radical (unpaired) electrons. The molecule has 0 aliphatic carbocycles. The van der Waals surface area contributed by atoms with Crippen LogP contribution in [0.25, 0.3) is 0 Å². The van der Waals surface area contributed by atoms with Gasteiger partial charge in [-0.25, -0.2) is 9.97 Å². The van der Waals surface area contributed by atoms with Gasteiger partial charge in [0, 0.05) is 25.0 Å². The van der Waals surface area contributed by atoms with Crippen molar-refractivity contribution in [1.82, 2.24) is 9.97 Å². The van der Waals surface area contributed by atoms with E-state index in [1.807, 2.05) is 0 Å². The summed E-state index contributed by atoms with van der Waals surface area (Å²) >= 11 is 0. The monoisotopic (exact) mass is 584 g/mol. The van der Waals surface area contributed by atoms with Crippen molar-refractivity contribution in [3.8, 4) is 23.0 Å². The van der Waals surface area contributed by atoms with Crippen LogP contribution in [0.2, 0.25) is 0 Å². The summed E-state index contributed by atoms with van der Waals surface area (Å²) in [5, 5.41) is 28.3. The van der Waals surface area contributed by atoms with Gasteiger partial charge in [-0.3, -0.25) is 19.2 Å². The second kappa shape index (κ2) is 13.2. The molecule has 14 nitrogen and oxygen atoms in total. The highest BCUT2D eigenvalue weighted by atomic mass is 32.2. The average molecular weight is 585 g/mol. The van der Waals surface area contributed by atoms with E-state index in [0.29, 0.717) is 0 Å². The molecule has 3 N–H and O–H groups in total. The summed E-state index contributed by atoms with van der Waals surface area (Å²) in [5.74, 6) is -3.58. The number of hydrogen-bond acceptors (Lipinski definition) is 14. The summed E-state index contributed by atoms with van der Waals surface area (Å²) in [6, 6.07) is 1.98. The third-order valence-electron chi connectivity index (χ3n) is 5.15. The van der Waals surface area contributed by atoms with E-state index in [4.69, 9.17) is 5.11 Å². The van der Waals surface area contributed by atoms with E-state index in [0.717, 1.165) is 30.8 Å². The number of aromatic hydroxyl groups is 3. The lowest BCUT2D eigenvalue weighted by atomic mass is 9.86. The van der Waals surface area contributed by atoms with E-state index in [9.17, 15) is 37.8 Å². The lowest BCUT2D eigenvalue weighted by Gasteiger charge is -2.20.